The van der Waals surface area contributed by atoms with Gasteiger partial charge in [-0.1, -0.05) is 30.3 Å². The molecule has 0 saturated carbocycles. The summed E-state index contributed by atoms with van der Waals surface area (Å²) in [4.78, 5) is 0. The van der Waals surface area contributed by atoms with Gasteiger partial charge in [-0.15, -0.1) is 10.2 Å². The molecule has 0 unspecified atom stereocenters. The lowest BCUT2D eigenvalue weighted by atomic mass is 10.1. The Hall–Kier alpha value is -1.95. The van der Waals surface area contributed by atoms with Crippen LogP contribution >= 0.6 is 12.2 Å². The molecule has 6 heteroatoms. The Kier molecular flexibility index (Phi) is 4.66. The van der Waals surface area contributed by atoms with Gasteiger partial charge < -0.3 is 5.32 Å². The van der Waals surface area contributed by atoms with E-state index in [9.17, 15) is 0 Å². The van der Waals surface area contributed by atoms with E-state index in [1.807, 2.05) is 6.07 Å². The second-order valence-corrected chi connectivity index (χ2v) is 4.23. The standard InChI is InChI=1S/C12H15N5S/c18-12(16-17-9-14-15-10-17)13-8-4-7-11-5-2-1-3-6-11/h1-3,5-6,9-10H,4,7-8H2,(H2,13,16,18). The Balaban J connectivity index is 1.62. The highest BCUT2D eigenvalue weighted by Gasteiger charge is 1.96. The van der Waals surface area contributed by atoms with Crippen molar-refractivity contribution in [1.82, 2.24) is 20.2 Å². The van der Waals surface area contributed by atoms with Gasteiger partial charge in [0.1, 0.15) is 12.7 Å². The van der Waals surface area contributed by atoms with E-state index >= 15 is 0 Å². The van der Waals surface area contributed by atoms with Crippen LogP contribution in [0.4, 0.5) is 0 Å². The van der Waals surface area contributed by atoms with Crippen LogP contribution in [0.15, 0.2) is 43.0 Å². The topological polar surface area (TPSA) is 54.8 Å². The minimum atomic E-state index is 0.572. The zero-order valence-corrected chi connectivity index (χ0v) is 10.7. The molecule has 0 atom stereocenters. The highest BCUT2D eigenvalue weighted by molar-refractivity contribution is 7.80. The molecule has 5 nitrogen and oxygen atoms in total. The summed E-state index contributed by atoms with van der Waals surface area (Å²) >= 11 is 5.13. The summed E-state index contributed by atoms with van der Waals surface area (Å²) in [7, 11) is 0. The number of nitrogens with one attached hydrogen (secondary N) is 2. The first-order valence-electron chi connectivity index (χ1n) is 5.78. The largest absolute Gasteiger partial charge is 0.361 e. The minimum Gasteiger partial charge on any atom is -0.361 e. The van der Waals surface area contributed by atoms with Gasteiger partial charge in [0, 0.05) is 6.54 Å². The molecule has 18 heavy (non-hydrogen) atoms. The molecule has 0 aliphatic heterocycles. The van der Waals surface area contributed by atoms with Gasteiger partial charge in [-0.25, -0.2) is 4.68 Å². The SMILES string of the molecule is S=C(NCCCc1ccccc1)Nn1cnnc1. The molecule has 0 saturated heterocycles. The van der Waals surface area contributed by atoms with Crippen molar-refractivity contribution in [2.75, 3.05) is 12.0 Å². The maximum absolute atomic E-state index is 5.13. The Morgan fingerprint density at radius 1 is 1.17 bits per heavy atom. The fraction of sp³-hybridized carbons (Fsp3) is 0.250. The first-order valence-corrected chi connectivity index (χ1v) is 6.19. The summed E-state index contributed by atoms with van der Waals surface area (Å²) in [5, 5.41) is 11.1. The number of rotatable bonds is 5. The van der Waals surface area contributed by atoms with Crippen molar-refractivity contribution in [2.24, 2.45) is 0 Å². The predicted octanol–water partition coefficient (Wildman–Crippen LogP) is 1.33. The molecular formula is C12H15N5S. The van der Waals surface area contributed by atoms with Crippen molar-refractivity contribution >= 4 is 17.3 Å². The molecule has 0 aliphatic rings. The molecule has 2 N–H and O–H groups in total. The van der Waals surface area contributed by atoms with Crippen molar-refractivity contribution in [3.63, 3.8) is 0 Å². The summed E-state index contributed by atoms with van der Waals surface area (Å²) in [6.07, 6.45) is 5.19. The van der Waals surface area contributed by atoms with Crippen LogP contribution in [0.2, 0.25) is 0 Å². The number of benzene rings is 1. The van der Waals surface area contributed by atoms with Crippen molar-refractivity contribution < 1.29 is 0 Å². The maximum Gasteiger partial charge on any atom is 0.185 e. The molecule has 1 heterocycles. The molecule has 0 bridgehead atoms. The van der Waals surface area contributed by atoms with Crippen LogP contribution in [-0.2, 0) is 6.42 Å². The van der Waals surface area contributed by atoms with Crippen LogP contribution in [0.25, 0.3) is 0 Å². The monoisotopic (exact) mass is 261 g/mol. The van der Waals surface area contributed by atoms with Crippen LogP contribution < -0.4 is 10.7 Å². The average Bonchev–Trinajstić information content (AvgIpc) is 2.89. The van der Waals surface area contributed by atoms with E-state index in [2.05, 4.69) is 45.2 Å². The molecule has 0 fully saturated rings. The van der Waals surface area contributed by atoms with Crippen LogP contribution in [0.5, 0.6) is 0 Å². The van der Waals surface area contributed by atoms with E-state index in [1.54, 1.807) is 17.3 Å². The summed E-state index contributed by atoms with van der Waals surface area (Å²) < 4.78 is 1.60. The van der Waals surface area contributed by atoms with E-state index < -0.39 is 0 Å². The summed E-state index contributed by atoms with van der Waals surface area (Å²) in [5.41, 5.74) is 4.28. The van der Waals surface area contributed by atoms with Crippen LogP contribution in [0.1, 0.15) is 12.0 Å². The van der Waals surface area contributed by atoms with Gasteiger partial charge in [0.05, 0.1) is 0 Å². The van der Waals surface area contributed by atoms with Gasteiger partial charge in [-0.05, 0) is 30.6 Å². The molecule has 94 valence electrons. The summed E-state index contributed by atoms with van der Waals surface area (Å²) in [6.45, 7) is 0.836. The Bertz CT molecular complexity index is 468. The highest BCUT2D eigenvalue weighted by Crippen LogP contribution is 2.01. The predicted molar refractivity (Wildman–Crippen MR) is 74.7 cm³/mol. The van der Waals surface area contributed by atoms with Crippen LogP contribution in [0.3, 0.4) is 0 Å². The van der Waals surface area contributed by atoms with Crippen LogP contribution in [0, 0.1) is 0 Å². The second kappa shape index (κ2) is 6.70. The normalized spacial score (nSPS) is 10.0. The van der Waals surface area contributed by atoms with Gasteiger partial charge in [0.25, 0.3) is 0 Å². The molecule has 0 aliphatic carbocycles. The fourth-order valence-corrected chi connectivity index (χ4v) is 1.76. The molecule has 2 aromatic rings. The minimum absolute atomic E-state index is 0.572. The van der Waals surface area contributed by atoms with Crippen molar-refractivity contribution in [1.29, 1.82) is 0 Å². The zero-order valence-electron chi connectivity index (χ0n) is 9.91. The highest BCUT2D eigenvalue weighted by atomic mass is 32.1. The quantitative estimate of drug-likeness (QED) is 0.628. The number of aromatic nitrogens is 3. The van der Waals surface area contributed by atoms with Gasteiger partial charge in [0.15, 0.2) is 5.11 Å². The smallest absolute Gasteiger partial charge is 0.185 e. The molecule has 1 aromatic carbocycles. The lowest BCUT2D eigenvalue weighted by Crippen LogP contribution is -2.34. The zero-order chi connectivity index (χ0) is 12.6. The molecule has 0 spiro atoms. The molecule has 1 aromatic heterocycles. The van der Waals surface area contributed by atoms with Gasteiger partial charge >= 0.3 is 0 Å². The van der Waals surface area contributed by atoms with Gasteiger partial charge in [0.2, 0.25) is 0 Å². The number of nitrogens with zero attached hydrogens (tertiary/aromatic N) is 3. The lowest BCUT2D eigenvalue weighted by Gasteiger charge is -2.09. The average molecular weight is 261 g/mol. The number of aryl methyl sites for hydroxylation is 1. The van der Waals surface area contributed by atoms with Crippen LogP contribution in [-0.4, -0.2) is 26.5 Å². The Morgan fingerprint density at radius 3 is 2.61 bits per heavy atom. The van der Waals surface area contributed by atoms with Gasteiger partial charge in [-0.3, -0.25) is 5.43 Å². The molecular weight excluding hydrogens is 246 g/mol. The summed E-state index contributed by atoms with van der Waals surface area (Å²) in [5.74, 6) is 0. The van der Waals surface area contributed by atoms with E-state index in [-0.39, 0.29) is 0 Å². The first kappa shape index (κ1) is 12.5. The fourth-order valence-electron chi connectivity index (χ4n) is 1.55. The van der Waals surface area contributed by atoms with E-state index in [0.29, 0.717) is 5.11 Å². The number of thiocarbonyl (C=S) groups is 1. The molecule has 0 amide bonds. The number of hydrogen-bond acceptors (Lipinski definition) is 3. The van der Waals surface area contributed by atoms with Crippen molar-refractivity contribution in [3.8, 4) is 0 Å². The summed E-state index contributed by atoms with van der Waals surface area (Å²) in [6, 6.07) is 10.4. The van der Waals surface area contributed by atoms with E-state index in [1.165, 1.54) is 5.56 Å². The Morgan fingerprint density at radius 2 is 1.89 bits per heavy atom. The number of hydrogen-bond donors (Lipinski definition) is 2. The third-order valence-electron chi connectivity index (χ3n) is 2.42. The first-order chi connectivity index (χ1) is 8.84. The molecule has 2 rings (SSSR count). The van der Waals surface area contributed by atoms with E-state index in [0.717, 1.165) is 19.4 Å². The Labute approximate surface area is 111 Å². The molecule has 0 radical (unpaired) electrons. The second-order valence-electron chi connectivity index (χ2n) is 3.83. The maximum atomic E-state index is 5.13. The van der Waals surface area contributed by atoms with Crippen molar-refractivity contribution in [2.45, 2.75) is 12.8 Å². The van der Waals surface area contributed by atoms with Gasteiger partial charge in [-0.2, -0.15) is 0 Å². The lowest BCUT2D eigenvalue weighted by molar-refractivity contribution is 0.770. The third kappa shape index (κ3) is 4.14. The van der Waals surface area contributed by atoms with E-state index in [4.69, 9.17) is 12.2 Å². The third-order valence-corrected chi connectivity index (χ3v) is 2.66. The van der Waals surface area contributed by atoms with Crippen molar-refractivity contribution in [3.05, 3.63) is 48.5 Å².